The summed E-state index contributed by atoms with van der Waals surface area (Å²) in [6.07, 6.45) is 4.15. The van der Waals surface area contributed by atoms with Crippen molar-refractivity contribution >= 4 is 11.3 Å². The second kappa shape index (κ2) is 5.92. The van der Waals surface area contributed by atoms with E-state index in [-0.39, 0.29) is 11.9 Å². The number of hydrogen-bond acceptors (Lipinski definition) is 5. The van der Waals surface area contributed by atoms with Gasteiger partial charge in [-0.2, -0.15) is 10.4 Å². The van der Waals surface area contributed by atoms with E-state index in [1.807, 2.05) is 6.07 Å². The van der Waals surface area contributed by atoms with Crippen LogP contribution in [-0.2, 0) is 6.42 Å². The third kappa shape index (κ3) is 2.44. The summed E-state index contributed by atoms with van der Waals surface area (Å²) < 4.78 is 15.7. The molecule has 0 aliphatic carbocycles. The molecule has 4 aromatic rings. The molecule has 0 bridgehead atoms. The topological polar surface area (TPSA) is 85.9 Å². The number of halogens is 1. The Morgan fingerprint density at radius 1 is 1.26 bits per heavy atom. The number of anilines is 1. The Hall–Kier alpha value is -3.73. The summed E-state index contributed by atoms with van der Waals surface area (Å²) >= 11 is 0. The van der Waals surface area contributed by atoms with Crippen molar-refractivity contribution in [3.05, 3.63) is 77.5 Å². The van der Waals surface area contributed by atoms with Crippen LogP contribution in [0.5, 0.6) is 0 Å². The SMILES string of the molecule is N#Cc1cccc(N2CCc3[nH]cnc3[C@H]2c2cc3c(F)cccn3n2)n1. The van der Waals surface area contributed by atoms with E-state index in [0.717, 1.165) is 17.8 Å². The lowest BCUT2D eigenvalue weighted by Gasteiger charge is -2.34. The maximum Gasteiger partial charge on any atom is 0.148 e. The van der Waals surface area contributed by atoms with Crippen molar-refractivity contribution in [3.63, 3.8) is 0 Å². The number of nitrogens with one attached hydrogen (secondary N) is 1. The van der Waals surface area contributed by atoms with Crippen LogP contribution in [0.15, 0.2) is 48.9 Å². The summed E-state index contributed by atoms with van der Waals surface area (Å²) in [6, 6.07) is 11.9. The van der Waals surface area contributed by atoms with Crippen molar-refractivity contribution in [1.82, 2.24) is 24.6 Å². The number of fused-ring (bicyclic) bond motifs is 2. The van der Waals surface area contributed by atoms with Gasteiger partial charge in [0.25, 0.3) is 0 Å². The lowest BCUT2D eigenvalue weighted by Crippen LogP contribution is -2.37. The van der Waals surface area contributed by atoms with Crippen LogP contribution in [0.25, 0.3) is 5.52 Å². The number of hydrogen-bond donors (Lipinski definition) is 1. The predicted molar refractivity (Wildman–Crippen MR) is 95.6 cm³/mol. The second-order valence-corrected chi connectivity index (χ2v) is 6.36. The molecule has 4 aromatic heterocycles. The first-order valence-electron chi connectivity index (χ1n) is 8.54. The van der Waals surface area contributed by atoms with E-state index in [9.17, 15) is 9.65 Å². The molecule has 1 atom stereocenters. The molecule has 0 fully saturated rings. The van der Waals surface area contributed by atoms with Crippen LogP contribution in [0.4, 0.5) is 10.2 Å². The van der Waals surface area contributed by atoms with Gasteiger partial charge in [0, 0.05) is 24.9 Å². The molecule has 132 valence electrons. The summed E-state index contributed by atoms with van der Waals surface area (Å²) in [7, 11) is 0. The van der Waals surface area contributed by atoms with Crippen LogP contribution in [0.3, 0.4) is 0 Å². The first-order valence-corrected chi connectivity index (χ1v) is 8.54. The van der Waals surface area contributed by atoms with Crippen LogP contribution in [0.2, 0.25) is 0 Å². The van der Waals surface area contributed by atoms with Crippen molar-refractivity contribution in [2.45, 2.75) is 12.5 Å². The van der Waals surface area contributed by atoms with Crippen LogP contribution in [0.1, 0.15) is 28.8 Å². The maximum atomic E-state index is 14.2. The molecule has 27 heavy (non-hydrogen) atoms. The Morgan fingerprint density at radius 3 is 3.04 bits per heavy atom. The van der Waals surface area contributed by atoms with E-state index in [4.69, 9.17) is 0 Å². The van der Waals surface area contributed by atoms with E-state index in [0.29, 0.717) is 29.3 Å². The minimum Gasteiger partial charge on any atom is -0.348 e. The fourth-order valence-electron chi connectivity index (χ4n) is 3.60. The van der Waals surface area contributed by atoms with Gasteiger partial charge in [0.15, 0.2) is 0 Å². The molecule has 1 aliphatic rings. The lowest BCUT2D eigenvalue weighted by atomic mass is 9.99. The van der Waals surface area contributed by atoms with Gasteiger partial charge in [-0.05, 0) is 30.3 Å². The number of H-pyrrole nitrogens is 1. The standard InChI is InChI=1S/C19H14FN7/c20-13-4-2-7-27-16(13)9-15(25-27)19-18-14(22-11-23-18)6-8-26(19)17-5-1-3-12(10-21)24-17/h1-5,7,9,11,19H,6,8H2,(H,22,23)/t19-/m1/s1. The molecular formula is C19H14FN7. The third-order valence-corrected chi connectivity index (χ3v) is 4.82. The van der Waals surface area contributed by atoms with Crippen molar-refractivity contribution in [2.75, 3.05) is 11.4 Å². The fraction of sp³-hybridized carbons (Fsp3) is 0.158. The Kier molecular flexibility index (Phi) is 3.40. The van der Waals surface area contributed by atoms with Crippen LogP contribution >= 0.6 is 0 Å². The van der Waals surface area contributed by atoms with Crippen LogP contribution < -0.4 is 4.90 Å². The summed E-state index contributed by atoms with van der Waals surface area (Å²) in [5, 5.41) is 13.8. The fourth-order valence-corrected chi connectivity index (χ4v) is 3.60. The molecule has 0 aromatic carbocycles. The van der Waals surface area contributed by atoms with Crippen molar-refractivity contribution in [1.29, 1.82) is 5.26 Å². The lowest BCUT2D eigenvalue weighted by molar-refractivity contribution is 0.609. The first-order chi connectivity index (χ1) is 13.2. The zero-order valence-electron chi connectivity index (χ0n) is 14.2. The number of rotatable bonds is 2. The molecule has 0 saturated heterocycles. The van der Waals surface area contributed by atoms with E-state index >= 15 is 0 Å². The zero-order valence-corrected chi connectivity index (χ0v) is 14.2. The highest BCUT2D eigenvalue weighted by molar-refractivity contribution is 5.54. The Balaban J connectivity index is 1.69. The molecule has 1 aliphatic heterocycles. The Bertz CT molecular complexity index is 1190. The molecule has 5 heterocycles. The third-order valence-electron chi connectivity index (χ3n) is 4.82. The molecule has 7 nitrogen and oxygen atoms in total. The molecule has 0 saturated carbocycles. The van der Waals surface area contributed by atoms with Gasteiger partial charge in [-0.15, -0.1) is 0 Å². The van der Waals surface area contributed by atoms with Gasteiger partial charge >= 0.3 is 0 Å². The number of aromatic nitrogens is 5. The Morgan fingerprint density at radius 2 is 2.19 bits per heavy atom. The van der Waals surface area contributed by atoms with Crippen molar-refractivity contribution in [2.24, 2.45) is 0 Å². The summed E-state index contributed by atoms with van der Waals surface area (Å²) in [5.41, 5.74) is 3.31. The maximum absolute atomic E-state index is 14.2. The number of nitriles is 1. The number of aromatic amines is 1. The van der Waals surface area contributed by atoms with Crippen LogP contribution in [-0.4, -0.2) is 31.1 Å². The first kappa shape index (κ1) is 15.5. The van der Waals surface area contributed by atoms with Gasteiger partial charge in [0.05, 0.1) is 17.7 Å². The number of pyridine rings is 2. The molecular weight excluding hydrogens is 345 g/mol. The number of imidazole rings is 1. The van der Waals surface area contributed by atoms with E-state index in [1.54, 1.807) is 36.8 Å². The zero-order chi connectivity index (χ0) is 18.4. The van der Waals surface area contributed by atoms with Gasteiger partial charge in [0.1, 0.15) is 35.0 Å². The highest BCUT2D eigenvalue weighted by Crippen LogP contribution is 2.36. The van der Waals surface area contributed by atoms with Gasteiger partial charge < -0.3 is 9.88 Å². The van der Waals surface area contributed by atoms with Gasteiger partial charge in [-0.1, -0.05) is 6.07 Å². The molecule has 0 amide bonds. The normalized spacial score (nSPS) is 16.3. The average molecular weight is 359 g/mol. The molecule has 0 unspecified atom stereocenters. The second-order valence-electron chi connectivity index (χ2n) is 6.36. The molecule has 8 heteroatoms. The van der Waals surface area contributed by atoms with Gasteiger partial charge in [-0.3, -0.25) is 0 Å². The quantitative estimate of drug-likeness (QED) is 0.595. The highest BCUT2D eigenvalue weighted by atomic mass is 19.1. The largest absolute Gasteiger partial charge is 0.348 e. The van der Waals surface area contributed by atoms with Crippen molar-refractivity contribution in [3.8, 4) is 6.07 Å². The summed E-state index contributed by atoms with van der Waals surface area (Å²) in [5.74, 6) is 0.343. The molecule has 0 spiro atoms. The number of nitrogens with zero attached hydrogens (tertiary/aromatic N) is 6. The smallest absolute Gasteiger partial charge is 0.148 e. The van der Waals surface area contributed by atoms with Gasteiger partial charge in [-0.25, -0.2) is 18.9 Å². The minimum atomic E-state index is -0.328. The monoisotopic (exact) mass is 359 g/mol. The molecule has 0 radical (unpaired) electrons. The van der Waals surface area contributed by atoms with E-state index in [1.165, 1.54) is 10.6 Å². The minimum absolute atomic E-state index is 0.319. The van der Waals surface area contributed by atoms with Crippen molar-refractivity contribution < 1.29 is 4.39 Å². The predicted octanol–water partition coefficient (Wildman–Crippen LogP) is 2.62. The average Bonchev–Trinajstić information content (AvgIpc) is 3.34. The Labute approximate surface area is 153 Å². The summed E-state index contributed by atoms with van der Waals surface area (Å²) in [4.78, 5) is 14.2. The van der Waals surface area contributed by atoms with Crippen LogP contribution in [0, 0.1) is 17.1 Å². The molecule has 5 rings (SSSR count). The molecule has 1 N–H and O–H groups in total. The van der Waals surface area contributed by atoms with E-state index in [2.05, 4.69) is 31.0 Å². The van der Waals surface area contributed by atoms with E-state index < -0.39 is 0 Å². The highest BCUT2D eigenvalue weighted by Gasteiger charge is 2.34. The summed E-state index contributed by atoms with van der Waals surface area (Å²) in [6.45, 7) is 0.679. The van der Waals surface area contributed by atoms with Gasteiger partial charge in [0.2, 0.25) is 0 Å².